The molecule has 0 heterocycles. The monoisotopic (exact) mass is 698 g/mol. The SMILES string of the molecule is C=C1C(=CC=C2CCC[C@]3(C)C(CC)=CC[C@@H]23)C[C@](OCC(=O)OC2CCCCC2)(O[Si](C)(C)C(C)(C)C)CC1O[Si](C)(C)C(C)(C)C. The molecule has 0 radical (unpaired) electrons. The summed E-state index contributed by atoms with van der Waals surface area (Å²) in [6.45, 7) is 32.2. The van der Waals surface area contributed by atoms with Crippen LogP contribution in [-0.4, -0.2) is 47.2 Å². The van der Waals surface area contributed by atoms with E-state index in [-0.39, 0.29) is 40.3 Å². The van der Waals surface area contributed by atoms with Crippen LogP contribution in [0.3, 0.4) is 0 Å². The van der Waals surface area contributed by atoms with Crippen molar-refractivity contribution in [2.24, 2.45) is 11.3 Å². The molecule has 0 aromatic heterocycles. The van der Waals surface area contributed by atoms with E-state index in [2.05, 4.69) is 99.8 Å². The van der Waals surface area contributed by atoms with Crippen molar-refractivity contribution in [3.63, 3.8) is 0 Å². The summed E-state index contributed by atoms with van der Waals surface area (Å²) < 4.78 is 27.2. The molecule has 272 valence electrons. The Morgan fingerprint density at radius 2 is 1.62 bits per heavy atom. The van der Waals surface area contributed by atoms with E-state index in [0.717, 1.165) is 56.1 Å². The molecule has 4 aliphatic rings. The molecule has 4 atom stereocenters. The van der Waals surface area contributed by atoms with Crippen molar-refractivity contribution < 1.29 is 23.1 Å². The van der Waals surface area contributed by atoms with Gasteiger partial charge in [-0.2, -0.15) is 0 Å². The van der Waals surface area contributed by atoms with Crippen molar-refractivity contribution in [2.75, 3.05) is 6.61 Å². The lowest BCUT2D eigenvalue weighted by molar-refractivity contribution is -0.217. The minimum absolute atomic E-state index is 0.00512. The number of carbonyl (C=O) groups is 1. The van der Waals surface area contributed by atoms with Crippen LogP contribution in [0.15, 0.2) is 47.1 Å². The van der Waals surface area contributed by atoms with Gasteiger partial charge in [-0.3, -0.25) is 0 Å². The number of hydrogen-bond donors (Lipinski definition) is 0. The predicted octanol–water partition coefficient (Wildman–Crippen LogP) is 11.7. The number of rotatable bonds is 10. The van der Waals surface area contributed by atoms with E-state index in [1.165, 1.54) is 19.3 Å². The molecule has 48 heavy (non-hydrogen) atoms. The lowest BCUT2D eigenvalue weighted by Gasteiger charge is -2.51. The first-order valence-corrected chi connectivity index (χ1v) is 24.9. The normalized spacial score (nSPS) is 31.2. The van der Waals surface area contributed by atoms with Crippen LogP contribution in [0.25, 0.3) is 0 Å². The van der Waals surface area contributed by atoms with Gasteiger partial charge in [-0.15, -0.1) is 0 Å². The summed E-state index contributed by atoms with van der Waals surface area (Å²) >= 11 is 0. The summed E-state index contributed by atoms with van der Waals surface area (Å²) in [6, 6.07) is 0. The highest BCUT2D eigenvalue weighted by atomic mass is 28.4. The summed E-state index contributed by atoms with van der Waals surface area (Å²) in [6.07, 6.45) is 19.2. The molecule has 5 nitrogen and oxygen atoms in total. The maximum Gasteiger partial charge on any atom is 0.332 e. The van der Waals surface area contributed by atoms with Gasteiger partial charge in [-0.05, 0) is 117 Å². The molecule has 3 saturated carbocycles. The molecule has 4 aliphatic carbocycles. The quantitative estimate of drug-likeness (QED) is 0.0984. The molecule has 4 rings (SSSR count). The lowest BCUT2D eigenvalue weighted by atomic mass is 9.64. The Balaban J connectivity index is 1.73. The van der Waals surface area contributed by atoms with Crippen LogP contribution < -0.4 is 0 Å². The molecule has 0 aromatic rings. The summed E-state index contributed by atoms with van der Waals surface area (Å²) in [5.41, 5.74) is 5.59. The Morgan fingerprint density at radius 3 is 2.23 bits per heavy atom. The smallest absolute Gasteiger partial charge is 0.332 e. The van der Waals surface area contributed by atoms with E-state index in [9.17, 15) is 4.79 Å². The number of fused-ring (bicyclic) bond motifs is 1. The standard InChI is InChI=1S/C41H70O5Si2/c1-14-33-24-25-35-31(19-18-26-40(33,35)9)22-23-32-27-41(46-48(12,13)39(6,7)8,43-29-37(42)44-34-20-16-15-17-21-34)28-36(30(32)2)45-47(10,11)38(3,4)5/h22-24,34-36H,2,14-21,25-29H2,1,3-13H3/t35-,36?,40+,41-/m0/s1. The zero-order valence-corrected chi connectivity index (χ0v) is 34.9. The highest BCUT2D eigenvalue weighted by Gasteiger charge is 2.52. The minimum Gasteiger partial charge on any atom is -0.461 e. The third kappa shape index (κ3) is 8.78. The van der Waals surface area contributed by atoms with Crippen LogP contribution in [0.1, 0.15) is 132 Å². The van der Waals surface area contributed by atoms with E-state index in [0.29, 0.717) is 18.8 Å². The Labute approximate surface area is 296 Å². The summed E-state index contributed by atoms with van der Waals surface area (Å²) in [4.78, 5) is 13.3. The Kier molecular flexibility index (Phi) is 12.2. The highest BCUT2D eigenvalue weighted by Crippen LogP contribution is 2.56. The summed E-state index contributed by atoms with van der Waals surface area (Å²) in [5, 5.41) is -0.00965. The van der Waals surface area contributed by atoms with Crippen LogP contribution in [0.5, 0.6) is 0 Å². The Bertz CT molecular complexity index is 1270. The largest absolute Gasteiger partial charge is 0.461 e. The summed E-state index contributed by atoms with van der Waals surface area (Å²) in [5.74, 6) is -0.743. The molecule has 0 amide bonds. The Hall–Kier alpha value is -1.26. The first-order chi connectivity index (χ1) is 22.1. The number of hydrogen-bond acceptors (Lipinski definition) is 5. The van der Waals surface area contributed by atoms with Gasteiger partial charge in [0.2, 0.25) is 0 Å². The Morgan fingerprint density at radius 1 is 0.979 bits per heavy atom. The third-order valence-corrected chi connectivity index (χ3v) is 22.1. The van der Waals surface area contributed by atoms with Crippen LogP contribution in [0, 0.1) is 11.3 Å². The van der Waals surface area contributed by atoms with E-state index in [4.69, 9.17) is 24.9 Å². The third-order valence-electron chi connectivity index (χ3n) is 13.1. The zero-order valence-electron chi connectivity index (χ0n) is 32.9. The van der Waals surface area contributed by atoms with Gasteiger partial charge in [0, 0.05) is 12.8 Å². The molecule has 3 fully saturated rings. The van der Waals surface area contributed by atoms with E-state index >= 15 is 0 Å². The first kappa shape index (κ1) is 39.5. The van der Waals surface area contributed by atoms with Crippen molar-refractivity contribution >= 4 is 22.6 Å². The van der Waals surface area contributed by atoms with E-state index in [1.54, 1.807) is 11.1 Å². The fourth-order valence-corrected chi connectivity index (χ4v) is 10.7. The lowest BCUT2D eigenvalue weighted by Crippen LogP contribution is -2.56. The fraction of sp³-hybridized carbons (Fsp3) is 0.780. The number of allylic oxidation sites excluding steroid dienone is 5. The number of ether oxygens (including phenoxy) is 2. The van der Waals surface area contributed by atoms with Gasteiger partial charge >= 0.3 is 5.97 Å². The van der Waals surface area contributed by atoms with Gasteiger partial charge in [-0.1, -0.05) is 97.8 Å². The van der Waals surface area contributed by atoms with Crippen molar-refractivity contribution in [1.29, 1.82) is 0 Å². The van der Waals surface area contributed by atoms with Gasteiger partial charge in [0.25, 0.3) is 0 Å². The minimum atomic E-state index is -2.35. The molecule has 0 N–H and O–H groups in total. The zero-order chi connectivity index (χ0) is 35.8. The van der Waals surface area contributed by atoms with Crippen LogP contribution >= 0.6 is 0 Å². The average Bonchev–Trinajstić information content (AvgIpc) is 3.32. The van der Waals surface area contributed by atoms with Crippen molar-refractivity contribution in [1.82, 2.24) is 0 Å². The molecule has 0 aromatic carbocycles. The van der Waals surface area contributed by atoms with Gasteiger partial charge in [0.1, 0.15) is 12.7 Å². The van der Waals surface area contributed by atoms with Crippen molar-refractivity contribution in [3.05, 3.63) is 47.1 Å². The second kappa shape index (κ2) is 14.8. The fourth-order valence-electron chi connectivity index (χ4n) is 7.99. The summed E-state index contributed by atoms with van der Waals surface area (Å²) in [7, 11) is -4.54. The maximum absolute atomic E-state index is 13.3. The van der Waals surface area contributed by atoms with Crippen LogP contribution in [0.2, 0.25) is 36.3 Å². The molecule has 0 aliphatic heterocycles. The van der Waals surface area contributed by atoms with Crippen molar-refractivity contribution in [3.8, 4) is 0 Å². The second-order valence-corrected chi connectivity index (χ2v) is 28.1. The topological polar surface area (TPSA) is 54.0 Å². The number of carbonyl (C=O) groups excluding carboxylic acids is 1. The molecule has 0 saturated heterocycles. The molecular formula is C41H70O5Si2. The van der Waals surface area contributed by atoms with Gasteiger partial charge in [0.05, 0.1) is 6.10 Å². The first-order valence-electron chi connectivity index (χ1n) is 19.1. The molecule has 7 heteroatoms. The number of esters is 1. The molecule has 1 unspecified atom stereocenters. The molecular weight excluding hydrogens is 629 g/mol. The average molecular weight is 699 g/mol. The van der Waals surface area contributed by atoms with Crippen molar-refractivity contribution in [2.45, 2.75) is 187 Å². The maximum atomic E-state index is 13.3. The molecule has 0 spiro atoms. The van der Waals surface area contributed by atoms with Crippen LogP contribution in [0.4, 0.5) is 0 Å². The van der Waals surface area contributed by atoms with Crippen LogP contribution in [-0.2, 0) is 23.1 Å². The van der Waals surface area contributed by atoms with E-state index < -0.39 is 22.4 Å². The second-order valence-electron chi connectivity index (χ2n) is 18.7. The van der Waals surface area contributed by atoms with E-state index in [1.807, 2.05) is 0 Å². The van der Waals surface area contributed by atoms with Gasteiger partial charge in [0.15, 0.2) is 22.4 Å². The highest BCUT2D eigenvalue weighted by molar-refractivity contribution is 6.74. The predicted molar refractivity (Wildman–Crippen MR) is 205 cm³/mol. The van der Waals surface area contributed by atoms with Gasteiger partial charge in [-0.25, -0.2) is 4.79 Å². The molecule has 0 bridgehead atoms. The van der Waals surface area contributed by atoms with Gasteiger partial charge < -0.3 is 18.3 Å².